The molecule has 1 aliphatic heterocycles. The van der Waals surface area contributed by atoms with Crippen molar-refractivity contribution < 1.29 is 9.53 Å². The highest BCUT2D eigenvalue weighted by Crippen LogP contribution is 2.43. The molecule has 2 aromatic carbocycles. The van der Waals surface area contributed by atoms with E-state index in [-0.39, 0.29) is 17.9 Å². The highest BCUT2D eigenvalue weighted by molar-refractivity contribution is 9.10. The molecular weight excluding hydrogens is 366 g/mol. The lowest BCUT2D eigenvalue weighted by atomic mass is 9.79. The van der Waals surface area contributed by atoms with Crippen LogP contribution in [0.15, 0.2) is 59.1 Å². The zero-order chi connectivity index (χ0) is 17.2. The SMILES string of the molecule is CC[C@H]1CO[C@H](c2ccccc2)[C@@]1(C)NC(=O)c1ccc(Br)cc1. The van der Waals surface area contributed by atoms with Gasteiger partial charge in [-0.05, 0) is 43.2 Å². The molecule has 0 aromatic heterocycles. The van der Waals surface area contributed by atoms with Crippen LogP contribution >= 0.6 is 15.9 Å². The van der Waals surface area contributed by atoms with E-state index in [0.29, 0.717) is 12.2 Å². The Bertz CT molecular complexity index is 701. The van der Waals surface area contributed by atoms with E-state index in [9.17, 15) is 4.79 Å². The van der Waals surface area contributed by atoms with Gasteiger partial charge in [-0.1, -0.05) is 53.2 Å². The highest BCUT2D eigenvalue weighted by Gasteiger charge is 2.48. The molecule has 4 heteroatoms. The van der Waals surface area contributed by atoms with E-state index < -0.39 is 5.54 Å². The van der Waals surface area contributed by atoms with Crippen molar-refractivity contribution in [2.24, 2.45) is 5.92 Å². The summed E-state index contributed by atoms with van der Waals surface area (Å²) < 4.78 is 7.05. The van der Waals surface area contributed by atoms with E-state index in [2.05, 4.69) is 47.2 Å². The van der Waals surface area contributed by atoms with Crippen LogP contribution in [0.5, 0.6) is 0 Å². The lowest BCUT2D eigenvalue weighted by molar-refractivity contribution is 0.0633. The molecule has 0 saturated carbocycles. The van der Waals surface area contributed by atoms with Gasteiger partial charge in [-0.2, -0.15) is 0 Å². The van der Waals surface area contributed by atoms with Crippen LogP contribution in [0.2, 0.25) is 0 Å². The maximum Gasteiger partial charge on any atom is 0.251 e. The molecule has 1 saturated heterocycles. The van der Waals surface area contributed by atoms with E-state index >= 15 is 0 Å². The van der Waals surface area contributed by atoms with Crippen molar-refractivity contribution in [3.63, 3.8) is 0 Å². The highest BCUT2D eigenvalue weighted by atomic mass is 79.9. The van der Waals surface area contributed by atoms with Crippen LogP contribution in [0.1, 0.15) is 42.3 Å². The van der Waals surface area contributed by atoms with Crippen molar-refractivity contribution in [1.29, 1.82) is 0 Å². The number of ether oxygens (including phenoxy) is 1. The summed E-state index contributed by atoms with van der Waals surface area (Å²) >= 11 is 3.40. The first-order valence-electron chi connectivity index (χ1n) is 8.29. The quantitative estimate of drug-likeness (QED) is 0.822. The number of hydrogen-bond donors (Lipinski definition) is 1. The Morgan fingerprint density at radius 1 is 1.21 bits per heavy atom. The van der Waals surface area contributed by atoms with Crippen molar-refractivity contribution in [3.8, 4) is 0 Å². The molecule has 24 heavy (non-hydrogen) atoms. The lowest BCUT2D eigenvalue weighted by Crippen LogP contribution is -2.52. The second-order valence-corrected chi connectivity index (χ2v) is 7.39. The molecule has 0 unspecified atom stereocenters. The molecular formula is C20H22BrNO2. The van der Waals surface area contributed by atoms with Crippen LogP contribution in [-0.4, -0.2) is 18.1 Å². The molecule has 1 N–H and O–H groups in total. The number of nitrogens with one attached hydrogen (secondary N) is 1. The van der Waals surface area contributed by atoms with Gasteiger partial charge in [-0.15, -0.1) is 0 Å². The van der Waals surface area contributed by atoms with Crippen LogP contribution < -0.4 is 5.32 Å². The predicted octanol–water partition coefficient (Wildman–Crippen LogP) is 4.74. The number of carbonyl (C=O) groups is 1. The first-order chi connectivity index (χ1) is 11.5. The molecule has 0 radical (unpaired) electrons. The maximum atomic E-state index is 12.8. The fraction of sp³-hybridized carbons (Fsp3) is 0.350. The Balaban J connectivity index is 1.88. The number of halogens is 1. The van der Waals surface area contributed by atoms with Gasteiger partial charge in [0.15, 0.2) is 0 Å². The Labute approximate surface area is 151 Å². The van der Waals surface area contributed by atoms with Gasteiger partial charge >= 0.3 is 0 Å². The van der Waals surface area contributed by atoms with Crippen LogP contribution in [-0.2, 0) is 4.74 Å². The van der Waals surface area contributed by atoms with Gasteiger partial charge in [0.1, 0.15) is 6.10 Å². The minimum atomic E-state index is -0.430. The summed E-state index contributed by atoms with van der Waals surface area (Å²) in [6.07, 6.45) is 0.823. The third kappa shape index (κ3) is 3.26. The van der Waals surface area contributed by atoms with Gasteiger partial charge < -0.3 is 10.1 Å². The van der Waals surface area contributed by atoms with E-state index in [1.807, 2.05) is 42.5 Å². The molecule has 126 valence electrons. The van der Waals surface area contributed by atoms with Gasteiger partial charge in [0, 0.05) is 16.0 Å². The normalized spacial score (nSPS) is 26.3. The van der Waals surface area contributed by atoms with Crippen LogP contribution in [0.3, 0.4) is 0 Å². The summed E-state index contributed by atoms with van der Waals surface area (Å²) in [7, 11) is 0. The third-order valence-corrected chi connectivity index (χ3v) is 5.47. The molecule has 3 atom stereocenters. The Hall–Kier alpha value is -1.65. The number of benzene rings is 2. The summed E-state index contributed by atoms with van der Waals surface area (Å²) in [4.78, 5) is 12.8. The zero-order valence-electron chi connectivity index (χ0n) is 14.0. The van der Waals surface area contributed by atoms with Gasteiger partial charge in [-0.25, -0.2) is 0 Å². The first kappa shape index (κ1) is 17.2. The fourth-order valence-corrected chi connectivity index (χ4v) is 3.73. The zero-order valence-corrected chi connectivity index (χ0v) is 15.5. The van der Waals surface area contributed by atoms with E-state index in [4.69, 9.17) is 4.74 Å². The van der Waals surface area contributed by atoms with Crippen molar-refractivity contribution in [2.75, 3.05) is 6.61 Å². The average molecular weight is 388 g/mol. The predicted molar refractivity (Wildman–Crippen MR) is 98.9 cm³/mol. The molecule has 1 fully saturated rings. The first-order valence-corrected chi connectivity index (χ1v) is 9.08. The van der Waals surface area contributed by atoms with Gasteiger partial charge in [0.25, 0.3) is 5.91 Å². The smallest absolute Gasteiger partial charge is 0.251 e. The Morgan fingerprint density at radius 3 is 2.50 bits per heavy atom. The minimum absolute atomic E-state index is 0.0603. The molecule has 3 rings (SSSR count). The Kier molecular flexibility index (Phi) is 5.07. The maximum absolute atomic E-state index is 12.8. The minimum Gasteiger partial charge on any atom is -0.371 e. The molecule has 1 aliphatic rings. The van der Waals surface area contributed by atoms with Crippen molar-refractivity contribution in [2.45, 2.75) is 31.9 Å². The largest absolute Gasteiger partial charge is 0.371 e. The van der Waals surface area contributed by atoms with Gasteiger partial charge in [0.2, 0.25) is 0 Å². The molecule has 0 aliphatic carbocycles. The number of hydrogen-bond acceptors (Lipinski definition) is 2. The monoisotopic (exact) mass is 387 g/mol. The third-order valence-electron chi connectivity index (χ3n) is 4.94. The summed E-state index contributed by atoms with van der Waals surface area (Å²) in [5.41, 5.74) is 1.33. The van der Waals surface area contributed by atoms with Gasteiger partial charge in [-0.3, -0.25) is 4.79 Å². The van der Waals surface area contributed by atoms with E-state index in [1.165, 1.54) is 0 Å². The van der Waals surface area contributed by atoms with E-state index in [0.717, 1.165) is 16.5 Å². The number of amides is 1. The summed E-state index contributed by atoms with van der Waals surface area (Å²) in [5.74, 6) is 0.219. The second-order valence-electron chi connectivity index (χ2n) is 6.47. The van der Waals surface area contributed by atoms with Crippen LogP contribution in [0, 0.1) is 5.92 Å². The number of carbonyl (C=O) groups excluding carboxylic acids is 1. The average Bonchev–Trinajstić information content (AvgIpc) is 2.92. The fourth-order valence-electron chi connectivity index (χ4n) is 3.47. The molecule has 1 amide bonds. The summed E-state index contributed by atoms with van der Waals surface area (Å²) in [6.45, 7) is 4.90. The summed E-state index contributed by atoms with van der Waals surface area (Å²) in [6, 6.07) is 17.6. The second kappa shape index (κ2) is 7.08. The lowest BCUT2D eigenvalue weighted by Gasteiger charge is -2.36. The van der Waals surface area contributed by atoms with Gasteiger partial charge in [0.05, 0.1) is 12.1 Å². The molecule has 0 spiro atoms. The topological polar surface area (TPSA) is 38.3 Å². The van der Waals surface area contributed by atoms with Crippen LogP contribution in [0.25, 0.3) is 0 Å². The standard InChI is InChI=1S/C20H22BrNO2/c1-3-16-13-24-18(14-7-5-4-6-8-14)20(16,2)22-19(23)15-9-11-17(21)12-10-15/h4-12,16,18H,3,13H2,1-2H3,(H,22,23)/t16-,18+,20-/m0/s1. The van der Waals surface area contributed by atoms with Crippen LogP contribution in [0.4, 0.5) is 0 Å². The number of rotatable bonds is 4. The van der Waals surface area contributed by atoms with Crippen molar-refractivity contribution in [1.82, 2.24) is 5.32 Å². The molecule has 0 bridgehead atoms. The summed E-state index contributed by atoms with van der Waals surface area (Å²) in [5, 5.41) is 3.26. The molecule has 3 nitrogen and oxygen atoms in total. The van der Waals surface area contributed by atoms with E-state index in [1.54, 1.807) is 0 Å². The van der Waals surface area contributed by atoms with Crippen molar-refractivity contribution in [3.05, 3.63) is 70.2 Å². The molecule has 1 heterocycles. The van der Waals surface area contributed by atoms with Crippen molar-refractivity contribution >= 4 is 21.8 Å². The Morgan fingerprint density at radius 2 is 1.88 bits per heavy atom. The molecule has 2 aromatic rings.